The molecule has 0 radical (unpaired) electrons. The molecule has 7 rings (SSSR count). The maximum atomic E-state index is 14.0. The van der Waals surface area contributed by atoms with E-state index in [-0.39, 0.29) is 38.9 Å². The fourth-order valence-corrected chi connectivity index (χ4v) is 16.2. The highest BCUT2D eigenvalue weighted by molar-refractivity contribution is 7.91. The minimum absolute atomic E-state index is 0.0148. The van der Waals surface area contributed by atoms with Crippen LogP contribution in [-0.4, -0.2) is 74.3 Å². The van der Waals surface area contributed by atoms with Gasteiger partial charge in [0, 0.05) is 24.9 Å². The zero-order valence-corrected chi connectivity index (χ0v) is 35.0. The van der Waals surface area contributed by atoms with Gasteiger partial charge in [0.15, 0.2) is 0 Å². The number of rotatable bonds is 9. The zero-order valence-electron chi connectivity index (χ0n) is 34.2. The summed E-state index contributed by atoms with van der Waals surface area (Å²) in [5.41, 5.74) is 3.65. The first-order chi connectivity index (χ1) is 24.8. The zero-order chi connectivity index (χ0) is 38.4. The van der Waals surface area contributed by atoms with Crippen LogP contribution in [0.1, 0.15) is 131 Å². The summed E-state index contributed by atoms with van der Waals surface area (Å²) in [5.74, 6) is 2.04. The highest BCUT2D eigenvalue weighted by Crippen LogP contribution is 2.76. The third-order valence-electron chi connectivity index (χ3n) is 18.4. The van der Waals surface area contributed by atoms with E-state index in [4.69, 9.17) is 0 Å². The van der Waals surface area contributed by atoms with E-state index in [0.717, 1.165) is 45.4 Å². The summed E-state index contributed by atoms with van der Waals surface area (Å²) < 4.78 is 38.3. The minimum atomic E-state index is -2.96. The molecule has 0 aromatic carbocycles. The SMILES string of the molecule is C=C(C)[C@@H]1CC[C@]2(NCCN3CCC(S(C)(=O)=O)CC3)CC[C@]3(C)[C@H](CCC4[C@@]5(C)CC=C(C6=CC[C@](CF)(C(=O)O)CC6)C(C)(C)C5CC[C@]43C)C12. The highest BCUT2D eigenvalue weighted by Gasteiger charge is 2.70. The van der Waals surface area contributed by atoms with Crippen molar-refractivity contribution in [3.63, 3.8) is 0 Å². The molecule has 4 saturated carbocycles. The lowest BCUT2D eigenvalue weighted by Gasteiger charge is -2.72. The number of sulfone groups is 1. The first kappa shape index (κ1) is 39.7. The number of piperidine rings is 1. The number of nitrogens with one attached hydrogen (secondary N) is 1. The molecule has 53 heavy (non-hydrogen) atoms. The minimum Gasteiger partial charge on any atom is -0.481 e. The smallest absolute Gasteiger partial charge is 0.312 e. The Hall–Kier alpha value is -1.51. The molecule has 8 heteroatoms. The predicted molar refractivity (Wildman–Crippen MR) is 213 cm³/mol. The standard InChI is InChI=1S/C45H71FN2O4S/c1-30(2)33-13-22-45(47-25-28-48-26-16-32(17-27-48)53(8,51)52)24-23-42(6)35(38(33)45)9-10-37-41(5)18-14-34(40(3,4)36(41)15-19-43(37,42)7)31-11-20-44(29-46,21-12-31)39(49)50/h11,14,32-33,35-38,47H,1,9-10,12-13,15-29H2,2-8H3,(H,49,50)/t33-,35+,36?,37?,38?,41-,42+,43+,44-,45-/m0/s1. The van der Waals surface area contributed by atoms with E-state index in [9.17, 15) is 22.7 Å². The number of hydrogen-bond acceptors (Lipinski definition) is 5. The number of nitrogens with zero attached hydrogens (tertiary/aromatic N) is 1. The molecule has 6 aliphatic carbocycles. The van der Waals surface area contributed by atoms with Gasteiger partial charge >= 0.3 is 5.97 Å². The Bertz CT molecular complexity index is 1650. The summed E-state index contributed by atoms with van der Waals surface area (Å²) in [4.78, 5) is 14.5. The second kappa shape index (κ2) is 13.6. The third kappa shape index (κ3) is 6.10. The summed E-state index contributed by atoms with van der Waals surface area (Å²) in [5, 5.41) is 13.9. The Morgan fingerprint density at radius 2 is 1.64 bits per heavy atom. The van der Waals surface area contributed by atoms with Crippen LogP contribution in [0.5, 0.6) is 0 Å². The van der Waals surface area contributed by atoms with Gasteiger partial charge in [-0.25, -0.2) is 12.8 Å². The molecule has 3 unspecified atom stereocenters. The Morgan fingerprint density at radius 1 is 0.925 bits per heavy atom. The highest BCUT2D eigenvalue weighted by atomic mass is 32.2. The van der Waals surface area contributed by atoms with Crippen molar-refractivity contribution in [2.75, 3.05) is 39.1 Å². The summed E-state index contributed by atoms with van der Waals surface area (Å²) in [6, 6.07) is 0. The van der Waals surface area contributed by atoms with Gasteiger partial charge in [0.25, 0.3) is 0 Å². The molecule has 1 aliphatic heterocycles. The van der Waals surface area contributed by atoms with E-state index in [0.29, 0.717) is 42.4 Å². The van der Waals surface area contributed by atoms with Gasteiger partial charge in [-0.05, 0) is 172 Å². The third-order valence-corrected chi connectivity index (χ3v) is 20.0. The topological polar surface area (TPSA) is 86.7 Å². The first-order valence-corrected chi connectivity index (χ1v) is 23.2. The molecule has 1 saturated heterocycles. The van der Waals surface area contributed by atoms with Crippen LogP contribution >= 0.6 is 0 Å². The number of hydrogen-bond donors (Lipinski definition) is 2. The second-order valence-electron chi connectivity index (χ2n) is 20.8. The number of halogens is 1. The second-order valence-corrected chi connectivity index (χ2v) is 23.2. The molecule has 5 fully saturated rings. The van der Waals surface area contributed by atoms with Gasteiger partial charge in [0.2, 0.25) is 0 Å². The molecule has 6 nitrogen and oxygen atoms in total. The van der Waals surface area contributed by atoms with Gasteiger partial charge in [-0.2, -0.15) is 0 Å². The lowest BCUT2D eigenvalue weighted by atomic mass is 9.33. The van der Waals surface area contributed by atoms with Crippen molar-refractivity contribution in [2.24, 2.45) is 56.7 Å². The van der Waals surface area contributed by atoms with Crippen molar-refractivity contribution in [3.05, 3.63) is 35.5 Å². The maximum Gasteiger partial charge on any atom is 0.312 e. The predicted octanol–water partition coefficient (Wildman–Crippen LogP) is 9.18. The molecule has 10 atom stereocenters. The van der Waals surface area contributed by atoms with Crippen LogP contribution in [0, 0.1) is 56.7 Å². The van der Waals surface area contributed by atoms with E-state index in [1.807, 2.05) is 0 Å². The van der Waals surface area contributed by atoms with Crippen LogP contribution in [0.2, 0.25) is 0 Å². The van der Waals surface area contributed by atoms with Crippen molar-refractivity contribution in [1.82, 2.24) is 10.2 Å². The molecule has 298 valence electrons. The molecule has 0 aromatic rings. The monoisotopic (exact) mass is 755 g/mol. The number of fused-ring (bicyclic) bond motifs is 7. The van der Waals surface area contributed by atoms with Crippen LogP contribution < -0.4 is 5.32 Å². The Balaban J connectivity index is 1.11. The lowest BCUT2D eigenvalue weighted by Crippen LogP contribution is -2.68. The molecule has 0 aromatic heterocycles. The summed E-state index contributed by atoms with van der Waals surface area (Å²) in [7, 11) is -2.96. The number of carbonyl (C=O) groups is 1. The van der Waals surface area contributed by atoms with E-state index in [2.05, 4.69) is 70.5 Å². The van der Waals surface area contributed by atoms with Crippen molar-refractivity contribution in [3.8, 4) is 0 Å². The van der Waals surface area contributed by atoms with Gasteiger partial charge in [-0.3, -0.25) is 4.79 Å². The van der Waals surface area contributed by atoms with Crippen molar-refractivity contribution in [1.29, 1.82) is 0 Å². The number of likely N-dealkylation sites (tertiary alicyclic amines) is 1. The van der Waals surface area contributed by atoms with Gasteiger partial charge in [0.1, 0.15) is 16.5 Å². The van der Waals surface area contributed by atoms with Crippen molar-refractivity contribution < 1.29 is 22.7 Å². The normalized spacial score (nSPS) is 44.5. The molecule has 2 N–H and O–H groups in total. The average Bonchev–Trinajstić information content (AvgIpc) is 3.48. The van der Waals surface area contributed by atoms with E-state index in [1.54, 1.807) is 0 Å². The Morgan fingerprint density at radius 3 is 2.25 bits per heavy atom. The fraction of sp³-hybridized carbons (Fsp3) is 0.844. The van der Waals surface area contributed by atoms with Crippen LogP contribution in [0.3, 0.4) is 0 Å². The first-order valence-electron chi connectivity index (χ1n) is 21.3. The number of allylic oxidation sites excluding steroid dienone is 5. The summed E-state index contributed by atoms with van der Waals surface area (Å²) in [6.07, 6.45) is 19.9. The van der Waals surface area contributed by atoms with Crippen molar-refractivity contribution >= 4 is 15.8 Å². The van der Waals surface area contributed by atoms with Crippen LogP contribution in [-0.2, 0) is 14.6 Å². The van der Waals surface area contributed by atoms with Gasteiger partial charge < -0.3 is 15.3 Å². The molecule has 1 heterocycles. The van der Waals surface area contributed by atoms with E-state index < -0.39 is 27.9 Å². The average molecular weight is 755 g/mol. The molecular weight excluding hydrogens is 684 g/mol. The molecule has 7 aliphatic rings. The molecule has 0 bridgehead atoms. The fourth-order valence-electron chi connectivity index (χ4n) is 15.1. The number of aliphatic carboxylic acids is 1. The largest absolute Gasteiger partial charge is 0.481 e. The molecule has 0 spiro atoms. The van der Waals surface area contributed by atoms with Gasteiger partial charge in [-0.1, -0.05) is 58.9 Å². The van der Waals surface area contributed by atoms with Crippen molar-refractivity contribution in [2.45, 2.75) is 142 Å². The van der Waals surface area contributed by atoms with Gasteiger partial charge in [-0.15, -0.1) is 0 Å². The molecular formula is C45H71FN2O4S. The Kier molecular flexibility index (Phi) is 10.2. The number of alkyl halides is 1. The quantitative estimate of drug-likeness (QED) is 0.229. The van der Waals surface area contributed by atoms with E-state index >= 15 is 0 Å². The number of carboxylic acid groups (broad SMARTS) is 1. The Labute approximate surface area is 321 Å². The van der Waals surface area contributed by atoms with E-state index in [1.165, 1.54) is 74.3 Å². The van der Waals surface area contributed by atoms with Crippen LogP contribution in [0.15, 0.2) is 35.5 Å². The lowest BCUT2D eigenvalue weighted by molar-refractivity contribution is -0.221. The van der Waals surface area contributed by atoms with Crippen LogP contribution in [0.4, 0.5) is 4.39 Å². The van der Waals surface area contributed by atoms with Crippen LogP contribution in [0.25, 0.3) is 0 Å². The maximum absolute atomic E-state index is 14.0. The van der Waals surface area contributed by atoms with Gasteiger partial charge in [0.05, 0.1) is 10.7 Å². The molecule has 0 amide bonds. The summed E-state index contributed by atoms with van der Waals surface area (Å²) >= 11 is 0. The summed E-state index contributed by atoms with van der Waals surface area (Å²) in [6.45, 7) is 22.8. The number of carboxylic acids is 1.